The minimum Gasteiger partial charge on any atom is -0.448 e. The molecule has 140 valence electrons. The molecule has 3 aliphatic rings. The Bertz CT molecular complexity index is 671. The predicted molar refractivity (Wildman–Crippen MR) is 100 cm³/mol. The summed E-state index contributed by atoms with van der Waals surface area (Å²) in [5.41, 5.74) is 3.23. The normalized spacial score (nSPS) is 25.5. The van der Waals surface area contributed by atoms with Gasteiger partial charge in [-0.05, 0) is 37.8 Å². The van der Waals surface area contributed by atoms with Gasteiger partial charge in [-0.1, -0.05) is 18.6 Å². The van der Waals surface area contributed by atoms with Crippen molar-refractivity contribution in [2.45, 2.75) is 57.1 Å². The largest absolute Gasteiger partial charge is 0.448 e. The molecule has 1 spiro atoms. The van der Waals surface area contributed by atoms with E-state index in [2.05, 4.69) is 41.1 Å². The molecule has 0 unspecified atom stereocenters. The van der Waals surface area contributed by atoms with Crippen molar-refractivity contribution >= 4 is 17.4 Å². The number of carbonyl (C=O) groups excluding carboxylic acids is 1. The average Bonchev–Trinajstić information content (AvgIpc) is 2.97. The summed E-state index contributed by atoms with van der Waals surface area (Å²) in [5.74, 6) is -0.0794. The Morgan fingerprint density at radius 3 is 2.46 bits per heavy atom. The number of anilines is 1. The van der Waals surface area contributed by atoms with Crippen LogP contribution < -0.4 is 9.89 Å². The first kappa shape index (κ1) is 17.5. The van der Waals surface area contributed by atoms with Gasteiger partial charge < -0.3 is 14.4 Å². The highest BCUT2D eigenvalue weighted by Gasteiger charge is 2.51. The lowest BCUT2D eigenvalue weighted by atomic mass is 9.81. The lowest BCUT2D eigenvalue weighted by Gasteiger charge is -2.29. The first-order valence-electron chi connectivity index (χ1n) is 9.94. The molecule has 1 aromatic carbocycles. The fourth-order valence-electron chi connectivity index (χ4n) is 4.47. The lowest BCUT2D eigenvalue weighted by Crippen LogP contribution is -2.77. The van der Waals surface area contributed by atoms with Crippen molar-refractivity contribution in [3.8, 4) is 0 Å². The molecule has 1 aromatic rings. The Balaban J connectivity index is 1.50. The van der Waals surface area contributed by atoms with Gasteiger partial charge in [0.2, 0.25) is 5.71 Å². The fraction of sp³-hybridized carbons (Fsp3) is 0.619. The summed E-state index contributed by atoms with van der Waals surface area (Å²) in [6, 6.07) is 8.92. The van der Waals surface area contributed by atoms with E-state index in [1.165, 1.54) is 17.7 Å². The van der Waals surface area contributed by atoms with Gasteiger partial charge in [0.25, 0.3) is 0 Å². The number of morpholine rings is 1. The van der Waals surface area contributed by atoms with Crippen LogP contribution in [0, 0.1) is 0 Å². The molecule has 1 aliphatic carbocycles. The molecule has 0 radical (unpaired) electrons. The van der Waals surface area contributed by atoms with E-state index in [4.69, 9.17) is 9.47 Å². The van der Waals surface area contributed by atoms with Crippen molar-refractivity contribution in [1.29, 1.82) is 0 Å². The molecule has 0 bridgehead atoms. The Morgan fingerprint density at radius 2 is 1.77 bits per heavy atom. The molecule has 2 saturated heterocycles. The SMILES string of the molecule is C[C@H]([NH+]=C1CC(=O)OC12CCCCC2)c1ccc(N2CCOCC2)cc1. The first-order chi connectivity index (χ1) is 12.7. The maximum Gasteiger partial charge on any atom is 0.317 e. The van der Waals surface area contributed by atoms with Gasteiger partial charge in [-0.2, -0.15) is 0 Å². The van der Waals surface area contributed by atoms with Crippen LogP contribution in [0.1, 0.15) is 57.1 Å². The highest BCUT2D eigenvalue weighted by Crippen LogP contribution is 2.36. The van der Waals surface area contributed by atoms with E-state index in [1.807, 2.05) is 0 Å². The highest BCUT2D eigenvalue weighted by molar-refractivity contribution is 6.06. The molecule has 3 fully saturated rings. The van der Waals surface area contributed by atoms with Crippen molar-refractivity contribution in [3.63, 3.8) is 0 Å². The second-order valence-electron chi connectivity index (χ2n) is 7.74. The van der Waals surface area contributed by atoms with E-state index in [9.17, 15) is 4.79 Å². The van der Waals surface area contributed by atoms with Crippen LogP contribution in [0.25, 0.3) is 0 Å². The molecule has 1 N–H and O–H groups in total. The number of nitrogens with zero attached hydrogens (tertiary/aromatic N) is 1. The number of carbonyl (C=O) groups is 1. The third-order valence-electron chi connectivity index (χ3n) is 6.00. The van der Waals surface area contributed by atoms with Crippen LogP contribution in [-0.4, -0.2) is 43.6 Å². The number of ether oxygens (including phenoxy) is 2. The summed E-state index contributed by atoms with van der Waals surface area (Å²) < 4.78 is 11.2. The second-order valence-corrected chi connectivity index (χ2v) is 7.74. The van der Waals surface area contributed by atoms with Crippen LogP contribution in [0.2, 0.25) is 0 Å². The number of hydrogen-bond acceptors (Lipinski definition) is 4. The second kappa shape index (κ2) is 7.39. The van der Waals surface area contributed by atoms with Gasteiger partial charge in [-0.15, -0.1) is 0 Å². The van der Waals surface area contributed by atoms with E-state index >= 15 is 0 Å². The van der Waals surface area contributed by atoms with E-state index in [-0.39, 0.29) is 17.6 Å². The van der Waals surface area contributed by atoms with E-state index in [0.717, 1.165) is 57.7 Å². The standard InChI is InChI=1S/C21H28N2O3/c1-16(17-5-7-18(8-6-17)23-11-13-25-14-12-23)22-19-15-20(24)26-21(19)9-3-2-4-10-21/h5-8,16H,2-4,9-15H2,1H3/p+1/t16-/m0/s1. The van der Waals surface area contributed by atoms with Gasteiger partial charge in [0, 0.05) is 31.3 Å². The summed E-state index contributed by atoms with van der Waals surface area (Å²) in [5, 5.41) is 0. The van der Waals surface area contributed by atoms with E-state index in [1.54, 1.807) is 0 Å². The molecule has 4 rings (SSSR count). The lowest BCUT2D eigenvalue weighted by molar-refractivity contribution is -0.509. The molecule has 2 aliphatic heterocycles. The number of hydrogen-bond donors (Lipinski definition) is 1. The van der Waals surface area contributed by atoms with Gasteiger partial charge in [0.05, 0.1) is 13.2 Å². The monoisotopic (exact) mass is 357 g/mol. The minimum absolute atomic E-state index is 0.0794. The summed E-state index contributed by atoms with van der Waals surface area (Å²) in [7, 11) is 0. The van der Waals surface area contributed by atoms with Gasteiger partial charge in [-0.3, -0.25) is 4.79 Å². The van der Waals surface area contributed by atoms with Crippen LogP contribution in [0.5, 0.6) is 0 Å². The molecule has 5 heteroatoms. The van der Waals surface area contributed by atoms with Gasteiger partial charge in [0.1, 0.15) is 6.42 Å². The Labute approximate surface area is 155 Å². The molecular formula is C21H29N2O3+. The highest BCUT2D eigenvalue weighted by atomic mass is 16.6. The van der Waals surface area contributed by atoms with Crippen LogP contribution in [0.15, 0.2) is 24.3 Å². The van der Waals surface area contributed by atoms with Crippen molar-refractivity contribution in [3.05, 3.63) is 29.8 Å². The van der Waals surface area contributed by atoms with Gasteiger partial charge in [0.15, 0.2) is 11.6 Å². The zero-order chi connectivity index (χ0) is 18.0. The molecule has 2 heterocycles. The number of rotatable bonds is 3. The molecule has 0 aromatic heterocycles. The van der Waals surface area contributed by atoms with Crippen LogP contribution in [-0.2, 0) is 14.3 Å². The van der Waals surface area contributed by atoms with Crippen LogP contribution in [0.3, 0.4) is 0 Å². The zero-order valence-electron chi connectivity index (χ0n) is 15.6. The quantitative estimate of drug-likeness (QED) is 0.838. The third kappa shape index (κ3) is 3.50. The van der Waals surface area contributed by atoms with Crippen LogP contribution >= 0.6 is 0 Å². The number of esters is 1. The molecule has 26 heavy (non-hydrogen) atoms. The summed E-state index contributed by atoms with van der Waals surface area (Å²) >= 11 is 0. The summed E-state index contributed by atoms with van der Waals surface area (Å²) in [4.78, 5) is 17.9. The Hall–Kier alpha value is -1.88. The zero-order valence-corrected chi connectivity index (χ0v) is 15.6. The van der Waals surface area contributed by atoms with E-state index in [0.29, 0.717) is 6.42 Å². The average molecular weight is 357 g/mol. The number of nitrogens with one attached hydrogen (secondary N) is 1. The van der Waals surface area contributed by atoms with Crippen molar-refractivity contribution < 1.29 is 19.3 Å². The maximum atomic E-state index is 12.0. The Kier molecular flexibility index (Phi) is 4.98. The third-order valence-corrected chi connectivity index (χ3v) is 6.00. The summed E-state index contributed by atoms with van der Waals surface area (Å²) in [6.45, 7) is 5.67. The first-order valence-corrected chi connectivity index (χ1v) is 9.94. The smallest absolute Gasteiger partial charge is 0.317 e. The van der Waals surface area contributed by atoms with Gasteiger partial charge >= 0.3 is 5.97 Å². The molecule has 1 saturated carbocycles. The molecule has 1 atom stereocenters. The van der Waals surface area contributed by atoms with Crippen molar-refractivity contribution in [2.24, 2.45) is 0 Å². The van der Waals surface area contributed by atoms with Crippen molar-refractivity contribution in [1.82, 2.24) is 0 Å². The predicted octanol–water partition coefficient (Wildman–Crippen LogP) is 1.76. The van der Waals surface area contributed by atoms with Crippen molar-refractivity contribution in [2.75, 3.05) is 31.2 Å². The van der Waals surface area contributed by atoms with Gasteiger partial charge in [-0.25, -0.2) is 4.99 Å². The minimum atomic E-state index is -0.350. The van der Waals surface area contributed by atoms with Crippen LogP contribution in [0.4, 0.5) is 5.69 Å². The molecular weight excluding hydrogens is 328 g/mol. The summed E-state index contributed by atoms with van der Waals surface area (Å²) in [6.07, 6.45) is 5.86. The van der Waals surface area contributed by atoms with E-state index < -0.39 is 0 Å². The number of benzene rings is 1. The molecule has 0 amide bonds. The fourth-order valence-corrected chi connectivity index (χ4v) is 4.47. The molecule has 5 nitrogen and oxygen atoms in total. The maximum absolute atomic E-state index is 12.0. The Morgan fingerprint density at radius 1 is 1.08 bits per heavy atom. The topological polar surface area (TPSA) is 52.7 Å².